The highest BCUT2D eigenvalue weighted by atomic mass is 16.4. The molecule has 1 aliphatic carbocycles. The van der Waals surface area contributed by atoms with Gasteiger partial charge < -0.3 is 24.6 Å². The first-order chi connectivity index (χ1) is 11.1. The highest BCUT2D eigenvalue weighted by molar-refractivity contribution is 5.94. The van der Waals surface area contributed by atoms with Crippen molar-refractivity contribution in [2.24, 2.45) is 0 Å². The third kappa shape index (κ3) is 3.34. The van der Waals surface area contributed by atoms with E-state index in [1.807, 2.05) is 12.1 Å². The Hall–Kier alpha value is -1.63. The molecule has 4 atom stereocenters. The van der Waals surface area contributed by atoms with Gasteiger partial charge in [0.05, 0.1) is 18.4 Å². The summed E-state index contributed by atoms with van der Waals surface area (Å²) in [5, 5.41) is 29.2. The lowest BCUT2D eigenvalue weighted by molar-refractivity contribution is -0.131. The van der Waals surface area contributed by atoms with Crippen LogP contribution in [0, 0.1) is 0 Å². The summed E-state index contributed by atoms with van der Waals surface area (Å²) in [6, 6.07) is 3.56. The molecule has 1 fully saturated rings. The second kappa shape index (κ2) is 6.86. The van der Waals surface area contributed by atoms with E-state index in [-0.39, 0.29) is 18.4 Å². The van der Waals surface area contributed by atoms with Crippen LogP contribution in [0.4, 0.5) is 0 Å². The van der Waals surface area contributed by atoms with Gasteiger partial charge in [0.2, 0.25) is 5.91 Å². The third-order valence-corrected chi connectivity index (χ3v) is 4.71. The van der Waals surface area contributed by atoms with E-state index >= 15 is 0 Å². The smallest absolute Gasteiger partial charge is 0.250 e. The van der Waals surface area contributed by atoms with Crippen molar-refractivity contribution >= 4 is 5.91 Å². The Kier molecular flexibility index (Phi) is 4.84. The Morgan fingerprint density at radius 2 is 2.04 bits per heavy atom. The van der Waals surface area contributed by atoms with E-state index in [2.05, 4.69) is 0 Å². The molecule has 3 rings (SSSR count). The van der Waals surface area contributed by atoms with Gasteiger partial charge in [0, 0.05) is 18.5 Å². The lowest BCUT2D eigenvalue weighted by atomic mass is 9.91. The van der Waals surface area contributed by atoms with Gasteiger partial charge in [0.1, 0.15) is 18.0 Å². The minimum Gasteiger partial charge on any atom is -0.467 e. The van der Waals surface area contributed by atoms with Gasteiger partial charge in [0.15, 0.2) is 0 Å². The summed E-state index contributed by atoms with van der Waals surface area (Å²) in [6.07, 6.45) is 3.28. The molecular weight excluding hydrogens is 298 g/mol. The Morgan fingerprint density at radius 3 is 2.74 bits per heavy atom. The first kappa shape index (κ1) is 16.2. The number of aliphatic hydroxyl groups is 3. The van der Waals surface area contributed by atoms with Crippen LogP contribution in [0.1, 0.15) is 43.9 Å². The van der Waals surface area contributed by atoms with Gasteiger partial charge in [-0.1, -0.05) is 12.8 Å². The Balaban J connectivity index is 1.85. The van der Waals surface area contributed by atoms with Crippen LogP contribution in [0.2, 0.25) is 0 Å². The van der Waals surface area contributed by atoms with Crippen molar-refractivity contribution in [3.8, 4) is 0 Å². The van der Waals surface area contributed by atoms with E-state index in [1.54, 1.807) is 11.2 Å². The fraction of sp³-hybridized carbons (Fsp3) is 0.588. The molecule has 3 N–H and O–H groups in total. The monoisotopic (exact) mass is 321 g/mol. The van der Waals surface area contributed by atoms with E-state index in [0.717, 1.165) is 31.4 Å². The molecule has 23 heavy (non-hydrogen) atoms. The van der Waals surface area contributed by atoms with Crippen LogP contribution in [0.3, 0.4) is 0 Å². The van der Waals surface area contributed by atoms with E-state index in [9.17, 15) is 20.1 Å². The summed E-state index contributed by atoms with van der Waals surface area (Å²) >= 11 is 0. The molecule has 1 saturated heterocycles. The van der Waals surface area contributed by atoms with Crippen molar-refractivity contribution in [1.82, 2.24) is 4.90 Å². The maximum atomic E-state index is 12.9. The fourth-order valence-electron chi connectivity index (χ4n) is 3.42. The summed E-state index contributed by atoms with van der Waals surface area (Å²) < 4.78 is 5.50. The minimum absolute atomic E-state index is 0.0540. The summed E-state index contributed by atoms with van der Waals surface area (Å²) in [5.41, 5.74) is 0.355. The van der Waals surface area contributed by atoms with Crippen LogP contribution in [0.15, 0.2) is 34.5 Å². The quantitative estimate of drug-likeness (QED) is 0.759. The number of rotatable bonds is 2. The number of amides is 1. The van der Waals surface area contributed by atoms with Gasteiger partial charge in [-0.25, -0.2) is 0 Å². The zero-order valence-electron chi connectivity index (χ0n) is 13.0. The average Bonchev–Trinajstić information content (AvgIpc) is 2.96. The highest BCUT2D eigenvalue weighted by Crippen LogP contribution is 2.33. The maximum Gasteiger partial charge on any atom is 0.250 e. The van der Waals surface area contributed by atoms with Crippen LogP contribution in [-0.4, -0.2) is 51.0 Å². The standard InChI is InChI=1S/C17H23NO5/c19-13-9-11(10-14(20)16(13)21)17(22)18-7-3-1-2-5-12(18)15-6-4-8-23-15/h4,6,8-9,12-14,16,19-21H,1-3,5,7,10H2/t12?,13-,14-,16-/m1/s1. The van der Waals surface area contributed by atoms with Gasteiger partial charge in [-0.15, -0.1) is 0 Å². The van der Waals surface area contributed by atoms with Gasteiger partial charge in [-0.3, -0.25) is 4.79 Å². The predicted octanol–water partition coefficient (Wildman–Crippen LogP) is 1.14. The van der Waals surface area contributed by atoms with Crippen molar-refractivity contribution in [3.05, 3.63) is 35.8 Å². The van der Waals surface area contributed by atoms with Gasteiger partial charge in [-0.05, 0) is 31.1 Å². The molecule has 1 amide bonds. The summed E-state index contributed by atoms with van der Waals surface area (Å²) in [7, 11) is 0. The third-order valence-electron chi connectivity index (χ3n) is 4.71. The molecular formula is C17H23NO5. The summed E-state index contributed by atoms with van der Waals surface area (Å²) in [5.74, 6) is 0.566. The Labute approximate surface area is 135 Å². The number of furan rings is 1. The van der Waals surface area contributed by atoms with Gasteiger partial charge >= 0.3 is 0 Å². The lowest BCUT2D eigenvalue weighted by Gasteiger charge is -2.33. The first-order valence-electron chi connectivity index (χ1n) is 8.17. The largest absolute Gasteiger partial charge is 0.467 e. The van der Waals surface area contributed by atoms with Crippen LogP contribution < -0.4 is 0 Å². The van der Waals surface area contributed by atoms with E-state index in [1.165, 1.54) is 6.08 Å². The van der Waals surface area contributed by atoms with Crippen molar-refractivity contribution in [3.63, 3.8) is 0 Å². The molecule has 126 valence electrons. The first-order valence-corrected chi connectivity index (χ1v) is 8.17. The normalized spacial score (nSPS) is 32.3. The predicted molar refractivity (Wildman–Crippen MR) is 82.4 cm³/mol. The Bertz CT molecular complexity index is 568. The van der Waals surface area contributed by atoms with Crippen LogP contribution in [0.25, 0.3) is 0 Å². The van der Waals surface area contributed by atoms with Crippen molar-refractivity contribution in [1.29, 1.82) is 0 Å². The zero-order valence-corrected chi connectivity index (χ0v) is 13.0. The maximum absolute atomic E-state index is 12.9. The number of nitrogens with zero attached hydrogens (tertiary/aromatic N) is 1. The molecule has 2 aliphatic rings. The van der Waals surface area contributed by atoms with Crippen LogP contribution in [0.5, 0.6) is 0 Å². The number of aliphatic hydroxyl groups excluding tert-OH is 3. The van der Waals surface area contributed by atoms with Crippen molar-refractivity contribution in [2.75, 3.05) is 6.54 Å². The number of hydrogen-bond acceptors (Lipinski definition) is 5. The highest BCUT2D eigenvalue weighted by Gasteiger charge is 2.36. The van der Waals surface area contributed by atoms with E-state index < -0.39 is 18.3 Å². The molecule has 1 aliphatic heterocycles. The molecule has 6 nitrogen and oxygen atoms in total. The molecule has 2 heterocycles. The number of carbonyl (C=O) groups excluding carboxylic acids is 1. The lowest BCUT2D eigenvalue weighted by Crippen LogP contribution is -2.44. The van der Waals surface area contributed by atoms with E-state index in [4.69, 9.17) is 4.42 Å². The number of hydrogen-bond donors (Lipinski definition) is 3. The number of carbonyl (C=O) groups is 1. The van der Waals surface area contributed by atoms with Gasteiger partial charge in [0.25, 0.3) is 0 Å². The number of likely N-dealkylation sites (tertiary alicyclic amines) is 1. The molecule has 1 unspecified atom stereocenters. The summed E-state index contributed by atoms with van der Waals surface area (Å²) in [4.78, 5) is 14.7. The molecule has 0 bridgehead atoms. The topological polar surface area (TPSA) is 94.1 Å². The second-order valence-corrected chi connectivity index (χ2v) is 6.32. The van der Waals surface area contributed by atoms with Crippen molar-refractivity contribution in [2.45, 2.75) is 56.5 Å². The molecule has 6 heteroatoms. The molecule has 1 aromatic rings. The fourth-order valence-corrected chi connectivity index (χ4v) is 3.42. The molecule has 0 spiro atoms. The molecule has 0 saturated carbocycles. The van der Waals surface area contributed by atoms with Crippen LogP contribution in [-0.2, 0) is 4.79 Å². The molecule has 1 aromatic heterocycles. The SMILES string of the molecule is O=C(C1=C[C@@H](O)[C@@H](O)[C@H](O)C1)N1CCCCCC1c1ccco1. The van der Waals surface area contributed by atoms with Gasteiger partial charge in [-0.2, -0.15) is 0 Å². The molecule has 0 radical (unpaired) electrons. The average molecular weight is 321 g/mol. The molecule has 0 aromatic carbocycles. The minimum atomic E-state index is -1.24. The second-order valence-electron chi connectivity index (χ2n) is 6.32. The Morgan fingerprint density at radius 1 is 1.22 bits per heavy atom. The summed E-state index contributed by atoms with van der Waals surface area (Å²) in [6.45, 7) is 0.621. The van der Waals surface area contributed by atoms with Crippen LogP contribution >= 0.6 is 0 Å². The van der Waals surface area contributed by atoms with Crippen molar-refractivity contribution < 1.29 is 24.5 Å². The zero-order chi connectivity index (χ0) is 16.4. The van der Waals surface area contributed by atoms with E-state index in [0.29, 0.717) is 12.1 Å².